The lowest BCUT2D eigenvalue weighted by atomic mass is 10.1. The van der Waals surface area contributed by atoms with Crippen molar-refractivity contribution in [2.24, 2.45) is 0 Å². The van der Waals surface area contributed by atoms with Gasteiger partial charge in [-0.1, -0.05) is 30.3 Å². The molecule has 0 saturated carbocycles. The summed E-state index contributed by atoms with van der Waals surface area (Å²) in [5.41, 5.74) is 2.85. The highest BCUT2D eigenvalue weighted by atomic mass is 32.2. The smallest absolute Gasteiger partial charge is 0.245 e. The van der Waals surface area contributed by atoms with Crippen LogP contribution in [0.25, 0.3) is 0 Å². The maximum atomic E-state index is 12.5. The lowest BCUT2D eigenvalue weighted by molar-refractivity contribution is -0.114. The zero-order valence-corrected chi connectivity index (χ0v) is 16.4. The van der Waals surface area contributed by atoms with Crippen LogP contribution in [0.2, 0.25) is 0 Å². The van der Waals surface area contributed by atoms with Gasteiger partial charge in [-0.25, -0.2) is 8.42 Å². The van der Waals surface area contributed by atoms with Crippen molar-refractivity contribution in [3.63, 3.8) is 0 Å². The van der Waals surface area contributed by atoms with Crippen LogP contribution in [0.1, 0.15) is 11.1 Å². The third kappa shape index (κ3) is 4.76. The molecule has 134 valence electrons. The van der Waals surface area contributed by atoms with Crippen LogP contribution in [-0.2, 0) is 14.8 Å². The van der Waals surface area contributed by atoms with Crippen LogP contribution in [0, 0.1) is 13.8 Å². The van der Waals surface area contributed by atoms with E-state index in [1.807, 2.05) is 56.5 Å². The third-order valence-corrected chi connectivity index (χ3v) is 5.67. The minimum atomic E-state index is -3.60. The molecule has 7 heteroatoms. The topological polar surface area (TPSA) is 66.5 Å². The Balaban J connectivity index is 2.31. The number of hydrogen-bond acceptors (Lipinski definition) is 4. The maximum absolute atomic E-state index is 12.5. The normalized spacial score (nSPS) is 11.2. The molecule has 0 radical (unpaired) electrons. The fourth-order valence-electron chi connectivity index (χ4n) is 2.63. The number of sulfonamides is 1. The van der Waals surface area contributed by atoms with Crippen molar-refractivity contribution < 1.29 is 13.2 Å². The molecule has 25 heavy (non-hydrogen) atoms. The number of para-hydroxylation sites is 2. The number of nitrogens with zero attached hydrogens (tertiary/aromatic N) is 1. The fourth-order valence-corrected chi connectivity index (χ4v) is 4.15. The van der Waals surface area contributed by atoms with E-state index in [0.717, 1.165) is 26.6 Å². The monoisotopic (exact) mass is 378 g/mol. The average Bonchev–Trinajstić information content (AvgIpc) is 2.53. The summed E-state index contributed by atoms with van der Waals surface area (Å²) in [5.74, 6) is -0.380. The Bertz CT molecular complexity index is 859. The number of amides is 1. The Kier molecular flexibility index (Phi) is 6.13. The number of carbonyl (C=O) groups excluding carboxylic acids is 1. The molecule has 0 unspecified atom stereocenters. The Morgan fingerprint density at radius 2 is 1.68 bits per heavy atom. The number of aryl methyl sites for hydroxylation is 2. The predicted molar refractivity (Wildman–Crippen MR) is 105 cm³/mol. The first-order valence-corrected chi connectivity index (χ1v) is 10.8. The Morgan fingerprint density at radius 1 is 1.08 bits per heavy atom. The molecule has 5 nitrogen and oxygen atoms in total. The van der Waals surface area contributed by atoms with Gasteiger partial charge in [-0.3, -0.25) is 9.10 Å². The van der Waals surface area contributed by atoms with E-state index in [1.165, 1.54) is 11.8 Å². The van der Waals surface area contributed by atoms with Crippen LogP contribution in [0.3, 0.4) is 0 Å². The molecule has 0 aromatic heterocycles. The van der Waals surface area contributed by atoms with E-state index < -0.39 is 10.0 Å². The summed E-state index contributed by atoms with van der Waals surface area (Å²) in [6.07, 6.45) is 3.03. The second-order valence-electron chi connectivity index (χ2n) is 5.76. The molecule has 2 aromatic carbocycles. The van der Waals surface area contributed by atoms with Crippen molar-refractivity contribution in [2.45, 2.75) is 18.7 Å². The average molecular weight is 379 g/mol. The molecule has 2 rings (SSSR count). The molecule has 0 fully saturated rings. The number of nitrogens with one attached hydrogen (secondary N) is 1. The van der Waals surface area contributed by atoms with Gasteiger partial charge in [-0.05, 0) is 43.4 Å². The maximum Gasteiger partial charge on any atom is 0.245 e. The van der Waals surface area contributed by atoms with Crippen molar-refractivity contribution in [3.8, 4) is 0 Å². The van der Waals surface area contributed by atoms with Crippen LogP contribution < -0.4 is 9.62 Å². The second-order valence-corrected chi connectivity index (χ2v) is 8.51. The molecule has 0 heterocycles. The lowest BCUT2D eigenvalue weighted by Crippen LogP contribution is -2.38. The summed E-state index contributed by atoms with van der Waals surface area (Å²) in [4.78, 5) is 13.4. The fraction of sp³-hybridized carbons (Fsp3) is 0.278. The van der Waals surface area contributed by atoms with Crippen molar-refractivity contribution in [1.82, 2.24) is 0 Å². The highest BCUT2D eigenvalue weighted by Crippen LogP contribution is 2.28. The largest absolute Gasteiger partial charge is 0.323 e. The Hall–Kier alpha value is -1.99. The molecule has 2 aromatic rings. The van der Waals surface area contributed by atoms with E-state index in [0.29, 0.717) is 11.4 Å². The third-order valence-electron chi connectivity index (χ3n) is 3.76. The quantitative estimate of drug-likeness (QED) is 0.782. The van der Waals surface area contributed by atoms with Crippen molar-refractivity contribution >= 4 is 39.1 Å². The highest BCUT2D eigenvalue weighted by Gasteiger charge is 2.24. The first-order chi connectivity index (χ1) is 11.7. The van der Waals surface area contributed by atoms with Crippen LogP contribution in [-0.4, -0.2) is 33.4 Å². The van der Waals surface area contributed by atoms with Crippen LogP contribution in [0.4, 0.5) is 11.4 Å². The number of benzene rings is 2. The van der Waals surface area contributed by atoms with E-state index >= 15 is 0 Å². The first-order valence-electron chi connectivity index (χ1n) is 7.71. The van der Waals surface area contributed by atoms with Gasteiger partial charge in [-0.2, -0.15) is 0 Å². The Labute approximate surface area is 153 Å². The molecular weight excluding hydrogens is 356 g/mol. The van der Waals surface area contributed by atoms with Gasteiger partial charge in [0.1, 0.15) is 6.54 Å². The number of thioether (sulfide) groups is 1. The zero-order chi connectivity index (χ0) is 18.6. The van der Waals surface area contributed by atoms with E-state index in [1.54, 1.807) is 6.07 Å². The summed E-state index contributed by atoms with van der Waals surface area (Å²) >= 11 is 1.52. The predicted octanol–water partition coefficient (Wildman–Crippen LogP) is 3.43. The van der Waals surface area contributed by atoms with Gasteiger partial charge in [0.05, 0.1) is 17.6 Å². The molecule has 1 amide bonds. The first kappa shape index (κ1) is 19.3. The summed E-state index contributed by atoms with van der Waals surface area (Å²) < 4.78 is 25.7. The molecule has 0 atom stereocenters. The van der Waals surface area contributed by atoms with Crippen molar-refractivity contribution in [2.75, 3.05) is 28.7 Å². The minimum absolute atomic E-state index is 0.271. The minimum Gasteiger partial charge on any atom is -0.323 e. The van der Waals surface area contributed by atoms with Gasteiger partial charge in [0, 0.05) is 4.90 Å². The summed E-state index contributed by atoms with van der Waals surface area (Å²) in [6, 6.07) is 13.0. The van der Waals surface area contributed by atoms with Gasteiger partial charge >= 0.3 is 0 Å². The van der Waals surface area contributed by atoms with E-state index in [4.69, 9.17) is 0 Å². The number of rotatable bonds is 6. The van der Waals surface area contributed by atoms with Gasteiger partial charge < -0.3 is 5.32 Å². The van der Waals surface area contributed by atoms with Gasteiger partial charge in [-0.15, -0.1) is 11.8 Å². The SMILES string of the molecule is CSc1ccccc1NC(=O)CN(c1c(C)cccc1C)S(C)(=O)=O. The molecule has 0 spiro atoms. The molecule has 0 aliphatic rings. The summed E-state index contributed by atoms with van der Waals surface area (Å²) in [6.45, 7) is 3.40. The van der Waals surface area contributed by atoms with E-state index in [-0.39, 0.29) is 12.5 Å². The molecule has 0 aliphatic carbocycles. The number of anilines is 2. The lowest BCUT2D eigenvalue weighted by Gasteiger charge is -2.25. The number of hydrogen-bond donors (Lipinski definition) is 1. The highest BCUT2D eigenvalue weighted by molar-refractivity contribution is 7.98. The molecular formula is C18H22N2O3S2. The standard InChI is InChI=1S/C18H22N2O3S2/c1-13-8-7-9-14(2)18(13)20(25(4,22)23)12-17(21)19-15-10-5-6-11-16(15)24-3/h5-11H,12H2,1-4H3,(H,19,21). The van der Waals surface area contributed by atoms with Crippen molar-refractivity contribution in [3.05, 3.63) is 53.6 Å². The van der Waals surface area contributed by atoms with Gasteiger partial charge in [0.2, 0.25) is 15.9 Å². The number of carbonyl (C=O) groups is 1. The Morgan fingerprint density at radius 3 is 2.24 bits per heavy atom. The molecule has 0 bridgehead atoms. The van der Waals surface area contributed by atoms with Gasteiger partial charge in [0.15, 0.2) is 0 Å². The summed E-state index contributed by atoms with van der Waals surface area (Å²) in [7, 11) is -3.60. The second kappa shape index (κ2) is 7.93. The molecule has 1 N–H and O–H groups in total. The molecule has 0 aliphatic heterocycles. The van der Waals surface area contributed by atoms with Crippen LogP contribution in [0.15, 0.2) is 47.4 Å². The van der Waals surface area contributed by atoms with Gasteiger partial charge in [0.25, 0.3) is 0 Å². The van der Waals surface area contributed by atoms with Crippen LogP contribution in [0.5, 0.6) is 0 Å². The van der Waals surface area contributed by atoms with E-state index in [2.05, 4.69) is 5.32 Å². The van der Waals surface area contributed by atoms with Crippen LogP contribution >= 0.6 is 11.8 Å². The molecule has 0 saturated heterocycles. The van der Waals surface area contributed by atoms with E-state index in [9.17, 15) is 13.2 Å². The summed E-state index contributed by atoms with van der Waals surface area (Å²) in [5, 5.41) is 2.81. The zero-order valence-electron chi connectivity index (χ0n) is 14.7. The van der Waals surface area contributed by atoms with Crippen molar-refractivity contribution in [1.29, 1.82) is 0 Å².